The Morgan fingerprint density at radius 2 is 2.22 bits per heavy atom. The summed E-state index contributed by atoms with van der Waals surface area (Å²) in [5.74, 6) is 0.925. The molecule has 1 aromatic carbocycles. The molecule has 2 aromatic heterocycles. The van der Waals surface area contributed by atoms with Crippen LogP contribution in [0.25, 0.3) is 11.0 Å². The molecule has 1 atom stereocenters. The van der Waals surface area contributed by atoms with Crippen molar-refractivity contribution in [3.05, 3.63) is 54.2 Å². The van der Waals surface area contributed by atoms with Gasteiger partial charge < -0.3 is 24.0 Å². The van der Waals surface area contributed by atoms with E-state index in [0.29, 0.717) is 30.1 Å². The zero-order chi connectivity index (χ0) is 16.2. The van der Waals surface area contributed by atoms with E-state index in [-0.39, 0.29) is 11.7 Å². The van der Waals surface area contributed by atoms with Gasteiger partial charge in [-0.05, 0) is 30.7 Å². The number of aliphatic hydroxyl groups is 1. The van der Waals surface area contributed by atoms with Gasteiger partial charge in [-0.3, -0.25) is 4.79 Å². The van der Waals surface area contributed by atoms with Crippen molar-refractivity contribution in [3.63, 3.8) is 0 Å². The van der Waals surface area contributed by atoms with Crippen LogP contribution in [0.1, 0.15) is 28.8 Å². The number of benzene rings is 1. The van der Waals surface area contributed by atoms with Crippen LogP contribution in [0.3, 0.4) is 0 Å². The number of nitrogens with one attached hydrogen (secondary N) is 1. The molecule has 0 fully saturated rings. The first-order valence-corrected chi connectivity index (χ1v) is 7.25. The highest BCUT2D eigenvalue weighted by Gasteiger charge is 2.16. The lowest BCUT2D eigenvalue weighted by Crippen LogP contribution is -2.25. The molecule has 0 aliphatic carbocycles. The highest BCUT2D eigenvalue weighted by atomic mass is 16.5. The number of rotatable bonds is 6. The van der Waals surface area contributed by atoms with Gasteiger partial charge in [0, 0.05) is 11.9 Å². The Bertz CT molecular complexity index is 791. The Kier molecular flexibility index (Phi) is 4.34. The third kappa shape index (κ3) is 3.22. The Balaban J connectivity index is 1.62. The van der Waals surface area contributed by atoms with Crippen molar-refractivity contribution in [2.24, 2.45) is 0 Å². The number of ether oxygens (including phenoxy) is 1. The summed E-state index contributed by atoms with van der Waals surface area (Å²) >= 11 is 0. The Labute approximate surface area is 132 Å². The van der Waals surface area contributed by atoms with E-state index in [0.717, 1.165) is 5.39 Å². The number of hydrogen-bond acceptors (Lipinski definition) is 5. The minimum Gasteiger partial charge on any atom is -0.493 e. The molecule has 3 aromatic rings. The van der Waals surface area contributed by atoms with Gasteiger partial charge in [-0.1, -0.05) is 12.1 Å². The summed E-state index contributed by atoms with van der Waals surface area (Å²) in [5, 5.41) is 13.4. The molecule has 23 heavy (non-hydrogen) atoms. The molecule has 2 N–H and O–H groups in total. The number of carbonyl (C=O) groups excluding carboxylic acids is 1. The zero-order valence-electron chi connectivity index (χ0n) is 12.6. The van der Waals surface area contributed by atoms with Crippen LogP contribution in [0, 0.1) is 0 Å². The van der Waals surface area contributed by atoms with Crippen LogP contribution in [0.5, 0.6) is 5.75 Å². The third-order valence-electron chi connectivity index (χ3n) is 3.53. The molecule has 0 aliphatic heterocycles. The summed E-state index contributed by atoms with van der Waals surface area (Å²) in [6.45, 7) is 0.300. The van der Waals surface area contributed by atoms with Gasteiger partial charge in [0.15, 0.2) is 17.1 Å². The standard InChI is InChI=1S/C17H17NO5/c1-21-14-5-2-4-11-10-15(23-16(11)14)17(20)18-8-7-12(19)13-6-3-9-22-13/h2-6,9-10,12,19H,7-8H2,1H3,(H,18,20)/t12-/m0/s1. The molecule has 120 valence electrons. The molecule has 0 saturated carbocycles. The van der Waals surface area contributed by atoms with Crippen molar-refractivity contribution in [1.29, 1.82) is 0 Å². The lowest BCUT2D eigenvalue weighted by Gasteiger charge is -2.08. The van der Waals surface area contributed by atoms with E-state index in [1.54, 1.807) is 31.4 Å². The molecule has 6 nitrogen and oxygen atoms in total. The average Bonchev–Trinajstić information content (AvgIpc) is 3.23. The highest BCUT2D eigenvalue weighted by molar-refractivity contribution is 5.97. The third-order valence-corrected chi connectivity index (χ3v) is 3.53. The lowest BCUT2D eigenvalue weighted by atomic mass is 10.2. The summed E-state index contributed by atoms with van der Waals surface area (Å²) in [4.78, 5) is 12.1. The molecule has 1 amide bonds. The van der Waals surface area contributed by atoms with Crippen LogP contribution in [-0.2, 0) is 0 Å². The smallest absolute Gasteiger partial charge is 0.287 e. The topological polar surface area (TPSA) is 84.8 Å². The number of hydrogen-bond donors (Lipinski definition) is 2. The van der Waals surface area contributed by atoms with Gasteiger partial charge in [0.1, 0.15) is 11.9 Å². The molecule has 3 rings (SSSR count). The van der Waals surface area contributed by atoms with Gasteiger partial charge in [-0.25, -0.2) is 0 Å². The van der Waals surface area contributed by atoms with Crippen LogP contribution in [0.2, 0.25) is 0 Å². The summed E-state index contributed by atoms with van der Waals surface area (Å²) < 4.78 is 15.9. The van der Waals surface area contributed by atoms with Crippen molar-refractivity contribution >= 4 is 16.9 Å². The summed E-state index contributed by atoms with van der Waals surface area (Å²) in [6.07, 6.45) is 1.10. The molecule has 0 radical (unpaired) electrons. The maximum atomic E-state index is 12.1. The predicted molar refractivity (Wildman–Crippen MR) is 83.4 cm³/mol. The second kappa shape index (κ2) is 6.58. The van der Waals surface area contributed by atoms with E-state index in [2.05, 4.69) is 5.32 Å². The number of amides is 1. The maximum absolute atomic E-state index is 12.1. The van der Waals surface area contributed by atoms with E-state index >= 15 is 0 Å². The van der Waals surface area contributed by atoms with Gasteiger partial charge in [0.25, 0.3) is 5.91 Å². The minimum absolute atomic E-state index is 0.206. The van der Waals surface area contributed by atoms with E-state index in [1.165, 1.54) is 6.26 Å². The Hall–Kier alpha value is -2.73. The van der Waals surface area contributed by atoms with E-state index in [9.17, 15) is 9.90 Å². The number of furan rings is 2. The molecule has 0 saturated heterocycles. The van der Waals surface area contributed by atoms with Crippen molar-refractivity contribution in [2.75, 3.05) is 13.7 Å². The molecule has 0 bridgehead atoms. The fourth-order valence-electron chi connectivity index (χ4n) is 2.34. The number of para-hydroxylation sites is 1. The fourth-order valence-corrected chi connectivity index (χ4v) is 2.34. The van der Waals surface area contributed by atoms with Gasteiger partial charge in [0.2, 0.25) is 0 Å². The van der Waals surface area contributed by atoms with Crippen LogP contribution < -0.4 is 10.1 Å². The fraction of sp³-hybridized carbons (Fsp3) is 0.235. The van der Waals surface area contributed by atoms with Crippen LogP contribution in [0.4, 0.5) is 0 Å². The van der Waals surface area contributed by atoms with Crippen LogP contribution >= 0.6 is 0 Å². The Morgan fingerprint density at radius 3 is 2.96 bits per heavy atom. The first-order valence-electron chi connectivity index (χ1n) is 7.25. The molecular weight excluding hydrogens is 298 g/mol. The monoisotopic (exact) mass is 315 g/mol. The highest BCUT2D eigenvalue weighted by Crippen LogP contribution is 2.28. The minimum atomic E-state index is -0.749. The molecule has 6 heteroatoms. The number of methoxy groups -OCH3 is 1. The van der Waals surface area contributed by atoms with Crippen LogP contribution in [0.15, 0.2) is 51.5 Å². The Morgan fingerprint density at radius 1 is 1.35 bits per heavy atom. The normalized spacial score (nSPS) is 12.3. The largest absolute Gasteiger partial charge is 0.493 e. The lowest BCUT2D eigenvalue weighted by molar-refractivity contribution is 0.0911. The van der Waals surface area contributed by atoms with E-state index < -0.39 is 6.10 Å². The van der Waals surface area contributed by atoms with Gasteiger partial charge in [0.05, 0.1) is 13.4 Å². The first-order chi connectivity index (χ1) is 11.2. The quantitative estimate of drug-likeness (QED) is 0.730. The predicted octanol–water partition coefficient (Wildman–Crippen LogP) is 2.89. The second-order valence-corrected chi connectivity index (χ2v) is 5.07. The van der Waals surface area contributed by atoms with E-state index in [4.69, 9.17) is 13.6 Å². The van der Waals surface area contributed by atoms with Gasteiger partial charge in [-0.15, -0.1) is 0 Å². The van der Waals surface area contributed by atoms with Gasteiger partial charge in [-0.2, -0.15) is 0 Å². The second-order valence-electron chi connectivity index (χ2n) is 5.07. The summed E-state index contributed by atoms with van der Waals surface area (Å²) in [6, 6.07) is 10.5. The molecule has 2 heterocycles. The van der Waals surface area contributed by atoms with Gasteiger partial charge >= 0.3 is 0 Å². The van der Waals surface area contributed by atoms with E-state index in [1.807, 2.05) is 12.1 Å². The van der Waals surface area contributed by atoms with Crippen molar-refractivity contribution < 1.29 is 23.5 Å². The SMILES string of the molecule is COc1cccc2cc(C(=O)NCC[C@H](O)c3ccco3)oc12. The van der Waals surface area contributed by atoms with Crippen molar-refractivity contribution in [1.82, 2.24) is 5.32 Å². The zero-order valence-corrected chi connectivity index (χ0v) is 12.6. The van der Waals surface area contributed by atoms with Crippen molar-refractivity contribution in [3.8, 4) is 5.75 Å². The molecule has 0 spiro atoms. The summed E-state index contributed by atoms with van der Waals surface area (Å²) in [5.41, 5.74) is 0.538. The number of aliphatic hydroxyl groups excluding tert-OH is 1. The number of fused-ring (bicyclic) bond motifs is 1. The van der Waals surface area contributed by atoms with Crippen LogP contribution in [-0.4, -0.2) is 24.7 Å². The number of carbonyl (C=O) groups is 1. The first kappa shape index (κ1) is 15.2. The molecular formula is C17H17NO5. The molecule has 0 aliphatic rings. The maximum Gasteiger partial charge on any atom is 0.287 e. The van der Waals surface area contributed by atoms with Crippen molar-refractivity contribution in [2.45, 2.75) is 12.5 Å². The summed E-state index contributed by atoms with van der Waals surface area (Å²) in [7, 11) is 1.55. The average molecular weight is 315 g/mol. The molecule has 0 unspecified atom stereocenters.